The summed E-state index contributed by atoms with van der Waals surface area (Å²) in [6, 6.07) is 0. The fourth-order valence-electron chi connectivity index (χ4n) is 0.931. The van der Waals surface area contributed by atoms with Crippen LogP contribution in [-0.2, 0) is 10.8 Å². The Kier molecular flexibility index (Phi) is 7.91. The zero-order chi connectivity index (χ0) is 8.53. The van der Waals surface area contributed by atoms with E-state index in [2.05, 4.69) is 13.5 Å². The van der Waals surface area contributed by atoms with Crippen LogP contribution < -0.4 is 0 Å². The van der Waals surface area contributed by atoms with Crippen LogP contribution in [0.5, 0.6) is 0 Å². The highest BCUT2D eigenvalue weighted by molar-refractivity contribution is 7.87. The Labute approximate surface area is 72.3 Å². The summed E-state index contributed by atoms with van der Waals surface area (Å²) in [5, 5.41) is 1.53. The number of hydrogen-bond acceptors (Lipinski definition) is 1. The lowest BCUT2D eigenvalue weighted by molar-refractivity contribution is 0.650. The number of unbranched alkanes of at least 4 members (excludes halogenated alkanes) is 4. The molecule has 2 heteroatoms. The second-order valence-electron chi connectivity index (χ2n) is 2.67. The van der Waals surface area contributed by atoms with Gasteiger partial charge in [0.15, 0.2) is 0 Å². The zero-order valence-corrected chi connectivity index (χ0v) is 8.16. The van der Waals surface area contributed by atoms with Crippen molar-refractivity contribution in [3.8, 4) is 0 Å². The lowest BCUT2D eigenvalue weighted by Gasteiger charge is -1.96. The molecular weight excluding hydrogens is 156 g/mol. The van der Waals surface area contributed by atoms with Gasteiger partial charge in [0, 0.05) is 16.6 Å². The molecule has 0 saturated heterocycles. The quantitative estimate of drug-likeness (QED) is 0.542. The summed E-state index contributed by atoms with van der Waals surface area (Å²) in [6.45, 7) is 5.67. The fraction of sp³-hybridized carbons (Fsp3) is 0.778. The van der Waals surface area contributed by atoms with Crippen LogP contribution in [0.2, 0.25) is 0 Å². The molecule has 0 aliphatic heterocycles. The molecule has 0 fully saturated rings. The standard InChI is InChI=1S/C9H18OS/c1-3-5-6-7-8-9-11(10)4-2/h4H,2-3,5-9H2,1H3/t11-/m0/s1. The van der Waals surface area contributed by atoms with Crippen molar-refractivity contribution in [1.29, 1.82) is 0 Å². The molecule has 0 bridgehead atoms. The smallest absolute Gasteiger partial charge is 0.0449 e. The van der Waals surface area contributed by atoms with Crippen LogP contribution in [0.3, 0.4) is 0 Å². The molecule has 1 atom stereocenters. The van der Waals surface area contributed by atoms with Gasteiger partial charge < -0.3 is 0 Å². The molecular formula is C9H18OS. The van der Waals surface area contributed by atoms with Crippen molar-refractivity contribution < 1.29 is 4.21 Å². The first-order valence-corrected chi connectivity index (χ1v) is 5.69. The van der Waals surface area contributed by atoms with E-state index in [1.54, 1.807) is 0 Å². The highest BCUT2D eigenvalue weighted by atomic mass is 32.2. The van der Waals surface area contributed by atoms with Gasteiger partial charge in [-0.1, -0.05) is 39.2 Å². The lowest BCUT2D eigenvalue weighted by atomic mass is 10.2. The Bertz CT molecular complexity index is 121. The van der Waals surface area contributed by atoms with Crippen LogP contribution in [0.15, 0.2) is 12.0 Å². The van der Waals surface area contributed by atoms with E-state index in [1.165, 1.54) is 31.1 Å². The summed E-state index contributed by atoms with van der Waals surface area (Å²) in [7, 11) is -0.769. The topological polar surface area (TPSA) is 17.1 Å². The average molecular weight is 174 g/mol. The summed E-state index contributed by atoms with van der Waals surface area (Å²) >= 11 is 0. The second-order valence-corrected chi connectivity index (χ2v) is 4.17. The fourth-order valence-corrected chi connectivity index (χ4v) is 1.59. The first-order valence-electron chi connectivity index (χ1n) is 4.31. The third kappa shape index (κ3) is 7.79. The highest BCUT2D eigenvalue weighted by Gasteiger charge is 1.92. The van der Waals surface area contributed by atoms with Crippen LogP contribution >= 0.6 is 0 Å². The summed E-state index contributed by atoms with van der Waals surface area (Å²) in [6.07, 6.45) is 6.15. The first kappa shape index (κ1) is 10.9. The van der Waals surface area contributed by atoms with Gasteiger partial charge in [-0.15, -0.1) is 0 Å². The van der Waals surface area contributed by atoms with Gasteiger partial charge in [0.1, 0.15) is 0 Å². The van der Waals surface area contributed by atoms with Crippen molar-refractivity contribution in [3.05, 3.63) is 12.0 Å². The molecule has 66 valence electrons. The third-order valence-corrected chi connectivity index (χ3v) is 2.70. The maximum Gasteiger partial charge on any atom is 0.0449 e. The zero-order valence-electron chi connectivity index (χ0n) is 7.34. The summed E-state index contributed by atoms with van der Waals surface area (Å²) < 4.78 is 10.8. The predicted molar refractivity (Wildman–Crippen MR) is 52.0 cm³/mol. The van der Waals surface area contributed by atoms with E-state index >= 15 is 0 Å². The number of hydrogen-bond donors (Lipinski definition) is 0. The molecule has 1 nitrogen and oxygen atoms in total. The van der Waals surface area contributed by atoms with Crippen LogP contribution in [-0.4, -0.2) is 9.96 Å². The van der Waals surface area contributed by atoms with Gasteiger partial charge >= 0.3 is 0 Å². The van der Waals surface area contributed by atoms with Crippen molar-refractivity contribution in [3.63, 3.8) is 0 Å². The van der Waals surface area contributed by atoms with E-state index in [1.807, 2.05) is 0 Å². The molecule has 0 unspecified atom stereocenters. The minimum absolute atomic E-state index is 0.769. The van der Waals surface area contributed by atoms with E-state index < -0.39 is 10.8 Å². The van der Waals surface area contributed by atoms with E-state index in [-0.39, 0.29) is 0 Å². The summed E-state index contributed by atoms with van der Waals surface area (Å²) in [4.78, 5) is 0. The Morgan fingerprint density at radius 3 is 2.45 bits per heavy atom. The maximum absolute atomic E-state index is 10.8. The molecule has 0 saturated carbocycles. The van der Waals surface area contributed by atoms with E-state index in [4.69, 9.17) is 0 Å². The van der Waals surface area contributed by atoms with Crippen molar-refractivity contribution >= 4 is 10.8 Å². The van der Waals surface area contributed by atoms with Crippen molar-refractivity contribution in [2.75, 3.05) is 5.75 Å². The highest BCUT2D eigenvalue weighted by Crippen LogP contribution is 2.03. The predicted octanol–water partition coefficient (Wildman–Crippen LogP) is 2.85. The molecule has 0 aliphatic rings. The van der Waals surface area contributed by atoms with Gasteiger partial charge in [0.2, 0.25) is 0 Å². The molecule has 0 rings (SSSR count). The molecule has 0 aromatic rings. The number of rotatable bonds is 7. The molecule has 0 aromatic carbocycles. The van der Waals surface area contributed by atoms with Gasteiger partial charge in [-0.05, 0) is 11.8 Å². The van der Waals surface area contributed by atoms with E-state index in [9.17, 15) is 4.21 Å². The van der Waals surface area contributed by atoms with Crippen molar-refractivity contribution in [2.45, 2.75) is 39.0 Å². The SMILES string of the molecule is C=C[S@](=O)CCCCCCC. The molecule has 0 amide bonds. The molecule has 0 aromatic heterocycles. The largest absolute Gasteiger partial charge is 0.255 e. The molecule has 0 heterocycles. The van der Waals surface area contributed by atoms with Gasteiger partial charge in [-0.25, -0.2) is 0 Å². The van der Waals surface area contributed by atoms with Crippen molar-refractivity contribution in [1.82, 2.24) is 0 Å². The molecule has 0 spiro atoms. The monoisotopic (exact) mass is 174 g/mol. The van der Waals surface area contributed by atoms with Gasteiger partial charge in [-0.3, -0.25) is 4.21 Å². The van der Waals surface area contributed by atoms with E-state index in [0.717, 1.165) is 12.2 Å². The van der Waals surface area contributed by atoms with Crippen molar-refractivity contribution in [2.24, 2.45) is 0 Å². The van der Waals surface area contributed by atoms with Crippen LogP contribution in [0.4, 0.5) is 0 Å². The Balaban J connectivity index is 3.01. The average Bonchev–Trinajstić information content (AvgIpc) is 2.04. The van der Waals surface area contributed by atoms with Gasteiger partial charge in [-0.2, -0.15) is 0 Å². The normalized spacial score (nSPS) is 12.8. The lowest BCUT2D eigenvalue weighted by Crippen LogP contribution is -1.92. The molecule has 11 heavy (non-hydrogen) atoms. The Morgan fingerprint density at radius 1 is 1.27 bits per heavy atom. The Hall–Kier alpha value is -0.110. The molecule has 0 N–H and O–H groups in total. The second kappa shape index (κ2) is 7.99. The molecule has 0 aliphatic carbocycles. The summed E-state index contributed by atoms with van der Waals surface area (Å²) in [5.41, 5.74) is 0. The minimum atomic E-state index is -0.769. The first-order chi connectivity index (χ1) is 5.31. The van der Waals surface area contributed by atoms with Crippen LogP contribution in [0.1, 0.15) is 39.0 Å². The molecule has 0 radical (unpaired) electrons. The summed E-state index contributed by atoms with van der Waals surface area (Å²) in [5.74, 6) is 0.799. The van der Waals surface area contributed by atoms with Crippen LogP contribution in [0.25, 0.3) is 0 Å². The van der Waals surface area contributed by atoms with Gasteiger partial charge in [0.25, 0.3) is 0 Å². The maximum atomic E-state index is 10.8. The minimum Gasteiger partial charge on any atom is -0.255 e. The third-order valence-electron chi connectivity index (χ3n) is 1.63. The Morgan fingerprint density at radius 2 is 1.91 bits per heavy atom. The van der Waals surface area contributed by atoms with Gasteiger partial charge in [0.05, 0.1) is 0 Å². The van der Waals surface area contributed by atoms with E-state index in [0.29, 0.717) is 0 Å². The van der Waals surface area contributed by atoms with Crippen LogP contribution in [0, 0.1) is 0 Å².